The van der Waals surface area contributed by atoms with Crippen LogP contribution < -0.4 is 5.32 Å². The number of aliphatic hydroxyl groups is 1. The number of anilines is 1. The molecule has 0 bridgehead atoms. The molecule has 0 unspecified atom stereocenters. The second kappa shape index (κ2) is 6.62. The molecule has 7 heteroatoms. The van der Waals surface area contributed by atoms with Crippen molar-refractivity contribution >= 4 is 5.82 Å². The fraction of sp³-hybridized carbons (Fsp3) is 0.625. The largest absolute Gasteiger partial charge is 0.393 e. The summed E-state index contributed by atoms with van der Waals surface area (Å²) in [5, 5.41) is 29.0. The van der Waals surface area contributed by atoms with Crippen LogP contribution in [0.2, 0.25) is 0 Å². The summed E-state index contributed by atoms with van der Waals surface area (Å²) in [5.74, 6) is 3.20. The summed E-state index contributed by atoms with van der Waals surface area (Å²) in [7, 11) is 0. The van der Waals surface area contributed by atoms with E-state index in [0.717, 1.165) is 36.0 Å². The fourth-order valence-corrected chi connectivity index (χ4v) is 3.00. The first kappa shape index (κ1) is 15.9. The zero-order valence-corrected chi connectivity index (χ0v) is 13.8. The van der Waals surface area contributed by atoms with Crippen LogP contribution in [0.5, 0.6) is 0 Å². The van der Waals surface area contributed by atoms with E-state index in [0.29, 0.717) is 12.5 Å². The fourth-order valence-electron chi connectivity index (χ4n) is 3.00. The Hall–Kier alpha value is -2.02. The number of aromatic amines is 1. The van der Waals surface area contributed by atoms with E-state index in [4.69, 9.17) is 0 Å². The van der Waals surface area contributed by atoms with E-state index in [2.05, 4.69) is 44.5 Å². The molecule has 1 aliphatic carbocycles. The molecule has 0 amide bonds. The summed E-state index contributed by atoms with van der Waals surface area (Å²) in [5.41, 5.74) is 0.891. The number of aryl methyl sites for hydroxylation is 1. The van der Waals surface area contributed by atoms with E-state index >= 15 is 0 Å². The molecule has 0 radical (unpaired) electrons. The Labute approximate surface area is 136 Å². The zero-order valence-electron chi connectivity index (χ0n) is 13.8. The quantitative estimate of drug-likeness (QED) is 0.780. The average Bonchev–Trinajstić information content (AvgIpc) is 3.14. The summed E-state index contributed by atoms with van der Waals surface area (Å²) in [4.78, 5) is 4.57. The highest BCUT2D eigenvalue weighted by Crippen LogP contribution is 2.37. The van der Waals surface area contributed by atoms with Crippen molar-refractivity contribution in [3.8, 4) is 0 Å². The van der Waals surface area contributed by atoms with Crippen molar-refractivity contribution in [2.45, 2.75) is 51.6 Å². The minimum absolute atomic E-state index is 0.177. The van der Waals surface area contributed by atoms with Gasteiger partial charge in [-0.25, -0.2) is 4.98 Å². The molecular formula is C16H24N6O. The van der Waals surface area contributed by atoms with Crippen LogP contribution in [0.4, 0.5) is 5.82 Å². The summed E-state index contributed by atoms with van der Waals surface area (Å²) in [6.45, 7) is 6.74. The van der Waals surface area contributed by atoms with Crippen LogP contribution in [-0.2, 0) is 0 Å². The van der Waals surface area contributed by atoms with Gasteiger partial charge in [0.2, 0.25) is 0 Å². The van der Waals surface area contributed by atoms with Gasteiger partial charge in [-0.3, -0.25) is 5.10 Å². The predicted octanol–water partition coefficient (Wildman–Crippen LogP) is 1.99. The van der Waals surface area contributed by atoms with Crippen LogP contribution in [0, 0.1) is 12.8 Å². The van der Waals surface area contributed by atoms with Gasteiger partial charge >= 0.3 is 0 Å². The molecule has 3 N–H and O–H groups in total. The second-order valence-corrected chi connectivity index (χ2v) is 6.67. The molecule has 3 rings (SSSR count). The van der Waals surface area contributed by atoms with Crippen LogP contribution in [0.25, 0.3) is 0 Å². The SMILES string of the molecule is Cc1ccc(NC[C@H]2C[C@H](c3nc(C(C)C)n[nH]3)C[C@H]2O)nn1. The number of nitrogens with zero attached hydrogens (tertiary/aromatic N) is 4. The molecule has 3 atom stereocenters. The Kier molecular flexibility index (Phi) is 4.56. The highest BCUT2D eigenvalue weighted by atomic mass is 16.3. The van der Waals surface area contributed by atoms with E-state index in [1.807, 2.05) is 19.1 Å². The first-order valence-electron chi connectivity index (χ1n) is 8.17. The van der Waals surface area contributed by atoms with E-state index in [1.165, 1.54) is 0 Å². The molecular weight excluding hydrogens is 292 g/mol. The van der Waals surface area contributed by atoms with E-state index in [9.17, 15) is 5.11 Å². The maximum atomic E-state index is 10.3. The molecule has 124 valence electrons. The lowest BCUT2D eigenvalue weighted by atomic mass is 10.0. The molecule has 2 aromatic heterocycles. The van der Waals surface area contributed by atoms with Gasteiger partial charge in [0.15, 0.2) is 5.82 Å². The van der Waals surface area contributed by atoms with Crippen molar-refractivity contribution in [2.75, 3.05) is 11.9 Å². The summed E-state index contributed by atoms with van der Waals surface area (Å²) >= 11 is 0. The maximum absolute atomic E-state index is 10.3. The molecule has 0 saturated heterocycles. The summed E-state index contributed by atoms with van der Waals surface area (Å²) in [6.07, 6.45) is 1.28. The van der Waals surface area contributed by atoms with Crippen molar-refractivity contribution in [2.24, 2.45) is 5.92 Å². The van der Waals surface area contributed by atoms with Gasteiger partial charge in [0.1, 0.15) is 11.6 Å². The summed E-state index contributed by atoms with van der Waals surface area (Å²) < 4.78 is 0. The number of nitrogens with one attached hydrogen (secondary N) is 2. The van der Waals surface area contributed by atoms with Crippen molar-refractivity contribution in [3.05, 3.63) is 29.5 Å². The Balaban J connectivity index is 1.58. The molecule has 0 aromatic carbocycles. The summed E-state index contributed by atoms with van der Waals surface area (Å²) in [6, 6.07) is 3.83. The smallest absolute Gasteiger partial charge is 0.153 e. The number of rotatable bonds is 5. The third kappa shape index (κ3) is 3.67. The Bertz CT molecular complexity index is 638. The van der Waals surface area contributed by atoms with Crippen molar-refractivity contribution in [1.29, 1.82) is 0 Å². The molecule has 1 aliphatic rings. The molecule has 1 saturated carbocycles. The van der Waals surface area contributed by atoms with Gasteiger partial charge in [-0.05, 0) is 31.9 Å². The van der Waals surface area contributed by atoms with Crippen LogP contribution in [0.15, 0.2) is 12.1 Å². The van der Waals surface area contributed by atoms with Gasteiger partial charge in [0.25, 0.3) is 0 Å². The van der Waals surface area contributed by atoms with Gasteiger partial charge < -0.3 is 10.4 Å². The highest BCUT2D eigenvalue weighted by Gasteiger charge is 2.35. The highest BCUT2D eigenvalue weighted by molar-refractivity contribution is 5.32. The van der Waals surface area contributed by atoms with Gasteiger partial charge in [0.05, 0.1) is 11.8 Å². The predicted molar refractivity (Wildman–Crippen MR) is 87.2 cm³/mol. The first-order chi connectivity index (χ1) is 11.0. The molecule has 2 heterocycles. The van der Waals surface area contributed by atoms with Gasteiger partial charge in [-0.2, -0.15) is 10.2 Å². The number of hydrogen-bond acceptors (Lipinski definition) is 6. The zero-order chi connectivity index (χ0) is 16.4. The second-order valence-electron chi connectivity index (χ2n) is 6.67. The number of hydrogen-bond donors (Lipinski definition) is 3. The minimum Gasteiger partial charge on any atom is -0.393 e. The maximum Gasteiger partial charge on any atom is 0.153 e. The molecule has 7 nitrogen and oxygen atoms in total. The molecule has 2 aromatic rings. The van der Waals surface area contributed by atoms with E-state index in [1.54, 1.807) is 0 Å². The number of aromatic nitrogens is 5. The Morgan fingerprint density at radius 1 is 1.30 bits per heavy atom. The van der Waals surface area contributed by atoms with E-state index < -0.39 is 0 Å². The van der Waals surface area contributed by atoms with Gasteiger partial charge in [-0.1, -0.05) is 13.8 Å². The number of aliphatic hydroxyl groups excluding tert-OH is 1. The lowest BCUT2D eigenvalue weighted by Gasteiger charge is -2.15. The normalized spacial score (nSPS) is 24.3. The average molecular weight is 316 g/mol. The Morgan fingerprint density at radius 2 is 2.13 bits per heavy atom. The van der Waals surface area contributed by atoms with Crippen molar-refractivity contribution in [1.82, 2.24) is 25.4 Å². The molecule has 23 heavy (non-hydrogen) atoms. The molecule has 0 aliphatic heterocycles. The van der Waals surface area contributed by atoms with Crippen molar-refractivity contribution in [3.63, 3.8) is 0 Å². The number of H-pyrrole nitrogens is 1. The monoisotopic (exact) mass is 316 g/mol. The topological polar surface area (TPSA) is 99.6 Å². The molecule has 1 fully saturated rings. The van der Waals surface area contributed by atoms with Gasteiger partial charge in [0, 0.05) is 24.3 Å². The molecule has 0 spiro atoms. The van der Waals surface area contributed by atoms with E-state index in [-0.39, 0.29) is 17.9 Å². The van der Waals surface area contributed by atoms with Crippen LogP contribution in [0.3, 0.4) is 0 Å². The lowest BCUT2D eigenvalue weighted by molar-refractivity contribution is 0.137. The Morgan fingerprint density at radius 3 is 2.78 bits per heavy atom. The van der Waals surface area contributed by atoms with Crippen LogP contribution in [-0.4, -0.2) is 43.1 Å². The standard InChI is InChI=1S/C16H24N6O/c1-9(2)15-18-16(22-21-15)11-6-12(13(23)7-11)8-17-14-5-4-10(3)19-20-14/h4-5,9,11-13,23H,6-8H2,1-3H3,(H,17,20)(H,18,21,22)/t11-,12+,13+/m0/s1. The van der Waals surface area contributed by atoms with Crippen molar-refractivity contribution < 1.29 is 5.11 Å². The van der Waals surface area contributed by atoms with Crippen LogP contribution in [0.1, 0.15) is 55.9 Å². The lowest BCUT2D eigenvalue weighted by Crippen LogP contribution is -2.22. The third-order valence-electron chi connectivity index (χ3n) is 4.42. The first-order valence-corrected chi connectivity index (χ1v) is 8.17. The van der Waals surface area contributed by atoms with Gasteiger partial charge in [-0.15, -0.1) is 5.10 Å². The third-order valence-corrected chi connectivity index (χ3v) is 4.42. The van der Waals surface area contributed by atoms with Crippen LogP contribution >= 0.6 is 0 Å². The minimum atomic E-state index is -0.335.